The summed E-state index contributed by atoms with van der Waals surface area (Å²) in [6, 6.07) is 5.27. The van der Waals surface area contributed by atoms with Crippen molar-refractivity contribution in [3.8, 4) is 0 Å². The first-order chi connectivity index (χ1) is 9.60. The second kappa shape index (κ2) is 5.03. The fraction of sp³-hybridized carbons (Fsp3) is 0.231. The van der Waals surface area contributed by atoms with E-state index in [1.165, 1.54) is 11.4 Å². The molecule has 2 aromatic rings. The first-order valence-corrected chi connectivity index (χ1v) is 6.45. The summed E-state index contributed by atoms with van der Waals surface area (Å²) in [5, 5.41) is 11.4. The molecule has 0 aliphatic carbocycles. The van der Waals surface area contributed by atoms with E-state index in [9.17, 15) is 31.4 Å². The topological polar surface area (TPSA) is 20.2 Å². The molecular weight excluding hydrogens is 318 g/mol. The molecule has 1 aromatic carbocycles. The second-order valence-electron chi connectivity index (χ2n) is 4.27. The molecule has 0 spiro atoms. The number of halogens is 6. The third kappa shape index (κ3) is 2.42. The summed E-state index contributed by atoms with van der Waals surface area (Å²) in [5.41, 5.74) is -4.56. The second-order valence-corrected chi connectivity index (χ2v) is 5.22. The van der Waals surface area contributed by atoms with Gasteiger partial charge in [-0.2, -0.15) is 22.0 Å². The summed E-state index contributed by atoms with van der Waals surface area (Å²) in [7, 11) is 0. The van der Waals surface area contributed by atoms with Gasteiger partial charge in [0, 0.05) is 4.88 Å². The van der Waals surface area contributed by atoms with Crippen molar-refractivity contribution in [1.82, 2.24) is 0 Å². The highest BCUT2D eigenvalue weighted by molar-refractivity contribution is 7.10. The SMILES string of the molecule is OC(c1cccc(F)c1)(c1cccs1)C(F)(F)C(F)(F)F. The Labute approximate surface area is 119 Å². The van der Waals surface area contributed by atoms with Crippen LogP contribution in [0, 0.1) is 5.82 Å². The lowest BCUT2D eigenvalue weighted by molar-refractivity contribution is -0.336. The Kier molecular flexibility index (Phi) is 3.79. The van der Waals surface area contributed by atoms with Crippen molar-refractivity contribution in [2.75, 3.05) is 0 Å². The number of alkyl halides is 5. The lowest BCUT2D eigenvalue weighted by Gasteiger charge is -2.36. The molecule has 0 saturated carbocycles. The van der Waals surface area contributed by atoms with Crippen LogP contribution in [0.3, 0.4) is 0 Å². The monoisotopic (exact) mass is 326 g/mol. The highest BCUT2D eigenvalue weighted by atomic mass is 32.1. The van der Waals surface area contributed by atoms with Crippen LogP contribution in [-0.2, 0) is 5.60 Å². The smallest absolute Gasteiger partial charge is 0.374 e. The molecule has 2 rings (SSSR count). The van der Waals surface area contributed by atoms with Gasteiger partial charge in [0.25, 0.3) is 0 Å². The molecule has 0 aliphatic heterocycles. The zero-order valence-electron chi connectivity index (χ0n) is 10.2. The molecular formula is C13H8F6OS. The molecule has 1 nitrogen and oxygen atoms in total. The first-order valence-electron chi connectivity index (χ1n) is 5.57. The lowest BCUT2D eigenvalue weighted by Crippen LogP contribution is -2.55. The molecule has 0 fully saturated rings. The molecule has 114 valence electrons. The highest BCUT2D eigenvalue weighted by Crippen LogP contribution is 2.52. The summed E-state index contributed by atoms with van der Waals surface area (Å²) in [6.45, 7) is 0. The normalized spacial score (nSPS) is 15.8. The number of hydrogen-bond donors (Lipinski definition) is 1. The first kappa shape index (κ1) is 15.8. The van der Waals surface area contributed by atoms with Crippen LogP contribution >= 0.6 is 11.3 Å². The largest absolute Gasteiger partial charge is 0.457 e. The minimum atomic E-state index is -6.00. The van der Waals surface area contributed by atoms with Crippen molar-refractivity contribution < 1.29 is 31.4 Å². The maximum absolute atomic E-state index is 13.9. The summed E-state index contributed by atoms with van der Waals surface area (Å²) in [6.07, 6.45) is -6.00. The van der Waals surface area contributed by atoms with Crippen molar-refractivity contribution in [1.29, 1.82) is 0 Å². The number of benzene rings is 1. The van der Waals surface area contributed by atoms with Crippen LogP contribution in [0.2, 0.25) is 0 Å². The Hall–Kier alpha value is -1.54. The van der Waals surface area contributed by atoms with Crippen LogP contribution in [0.15, 0.2) is 41.8 Å². The van der Waals surface area contributed by atoms with Crippen molar-refractivity contribution in [3.63, 3.8) is 0 Å². The van der Waals surface area contributed by atoms with Crippen LogP contribution < -0.4 is 0 Å². The lowest BCUT2D eigenvalue weighted by atomic mass is 9.85. The fourth-order valence-corrected chi connectivity index (χ4v) is 2.76. The van der Waals surface area contributed by atoms with Crippen LogP contribution in [0.25, 0.3) is 0 Å². The average Bonchev–Trinajstić information content (AvgIpc) is 2.90. The van der Waals surface area contributed by atoms with Crippen molar-refractivity contribution in [2.45, 2.75) is 17.7 Å². The molecule has 0 amide bonds. The Morgan fingerprint density at radius 1 is 0.952 bits per heavy atom. The molecule has 1 unspecified atom stereocenters. The number of aliphatic hydroxyl groups is 1. The van der Waals surface area contributed by atoms with Crippen LogP contribution in [0.5, 0.6) is 0 Å². The van der Waals surface area contributed by atoms with E-state index >= 15 is 0 Å². The van der Waals surface area contributed by atoms with Gasteiger partial charge in [0.1, 0.15) is 5.82 Å². The van der Waals surface area contributed by atoms with Gasteiger partial charge in [0.2, 0.25) is 0 Å². The van der Waals surface area contributed by atoms with Crippen LogP contribution in [0.1, 0.15) is 10.4 Å². The average molecular weight is 326 g/mol. The van der Waals surface area contributed by atoms with E-state index in [1.807, 2.05) is 0 Å². The minimum Gasteiger partial charge on any atom is -0.374 e. The van der Waals surface area contributed by atoms with Gasteiger partial charge in [-0.3, -0.25) is 0 Å². The summed E-state index contributed by atoms with van der Waals surface area (Å²) < 4.78 is 79.1. The standard InChI is InChI=1S/C13H8F6OS/c14-9-4-1-3-8(7-9)11(20,10-5-2-6-21-10)12(15,16)13(17,18)19/h1-7,20H. The van der Waals surface area contributed by atoms with E-state index in [2.05, 4.69) is 0 Å². The zero-order chi connectivity index (χ0) is 15.9. The van der Waals surface area contributed by atoms with Gasteiger partial charge in [0.15, 0.2) is 5.60 Å². The van der Waals surface area contributed by atoms with Crippen molar-refractivity contribution >= 4 is 11.3 Å². The molecule has 21 heavy (non-hydrogen) atoms. The molecule has 8 heteroatoms. The Balaban J connectivity index is 2.73. The molecule has 1 atom stereocenters. The van der Waals surface area contributed by atoms with Gasteiger partial charge in [-0.15, -0.1) is 11.3 Å². The van der Waals surface area contributed by atoms with E-state index < -0.39 is 34.0 Å². The molecule has 1 heterocycles. The molecule has 0 aliphatic rings. The maximum atomic E-state index is 13.9. The Bertz CT molecular complexity index is 622. The molecule has 0 saturated heterocycles. The maximum Gasteiger partial charge on any atom is 0.457 e. The van der Waals surface area contributed by atoms with Gasteiger partial charge < -0.3 is 5.11 Å². The summed E-state index contributed by atoms with van der Waals surface area (Å²) in [4.78, 5) is -0.629. The van der Waals surface area contributed by atoms with Crippen LogP contribution in [-0.4, -0.2) is 17.2 Å². The fourth-order valence-electron chi connectivity index (χ4n) is 1.88. The summed E-state index contributed by atoms with van der Waals surface area (Å²) >= 11 is 0.521. The predicted molar refractivity (Wildman–Crippen MR) is 64.7 cm³/mol. The molecule has 1 aromatic heterocycles. The molecule has 0 radical (unpaired) electrons. The number of rotatable bonds is 3. The van der Waals surface area contributed by atoms with Gasteiger partial charge >= 0.3 is 12.1 Å². The predicted octanol–water partition coefficient (Wildman–Crippen LogP) is 4.32. The molecule has 1 N–H and O–H groups in total. The van der Waals surface area contributed by atoms with Crippen LogP contribution in [0.4, 0.5) is 26.3 Å². The minimum absolute atomic E-state index is 0.458. The number of hydrogen-bond acceptors (Lipinski definition) is 2. The number of thiophene rings is 1. The quantitative estimate of drug-likeness (QED) is 0.833. The highest BCUT2D eigenvalue weighted by Gasteiger charge is 2.71. The van der Waals surface area contributed by atoms with E-state index in [0.717, 1.165) is 24.3 Å². The van der Waals surface area contributed by atoms with Gasteiger partial charge in [0.05, 0.1) is 0 Å². The third-order valence-corrected chi connectivity index (χ3v) is 3.91. The van der Waals surface area contributed by atoms with Gasteiger partial charge in [-0.25, -0.2) is 4.39 Å². The zero-order valence-corrected chi connectivity index (χ0v) is 11.0. The van der Waals surface area contributed by atoms with E-state index in [0.29, 0.717) is 17.4 Å². The van der Waals surface area contributed by atoms with Crippen molar-refractivity contribution in [3.05, 3.63) is 58.0 Å². The third-order valence-electron chi connectivity index (χ3n) is 2.93. The van der Waals surface area contributed by atoms with E-state index in [-0.39, 0.29) is 0 Å². The Morgan fingerprint density at radius 2 is 1.62 bits per heavy atom. The Morgan fingerprint density at radius 3 is 2.10 bits per heavy atom. The molecule has 0 bridgehead atoms. The van der Waals surface area contributed by atoms with E-state index in [1.54, 1.807) is 0 Å². The van der Waals surface area contributed by atoms with Crippen molar-refractivity contribution in [2.24, 2.45) is 0 Å². The van der Waals surface area contributed by atoms with Gasteiger partial charge in [-0.1, -0.05) is 18.2 Å². The van der Waals surface area contributed by atoms with Gasteiger partial charge in [-0.05, 0) is 29.1 Å². The summed E-state index contributed by atoms with van der Waals surface area (Å²) in [5.74, 6) is -6.51. The van der Waals surface area contributed by atoms with E-state index in [4.69, 9.17) is 0 Å².